The highest BCUT2D eigenvalue weighted by atomic mass is 16.5. The summed E-state index contributed by atoms with van der Waals surface area (Å²) in [4.78, 5) is 0. The van der Waals surface area contributed by atoms with Gasteiger partial charge >= 0.3 is 0 Å². The first-order valence-corrected chi connectivity index (χ1v) is 21.3. The molecule has 0 saturated heterocycles. The molecule has 0 amide bonds. The van der Waals surface area contributed by atoms with Crippen molar-refractivity contribution >= 4 is 11.4 Å². The first-order chi connectivity index (χ1) is 26.0. The van der Waals surface area contributed by atoms with Gasteiger partial charge in [0.1, 0.15) is 23.0 Å². The van der Waals surface area contributed by atoms with E-state index in [2.05, 4.69) is 55.5 Å². The summed E-state index contributed by atoms with van der Waals surface area (Å²) in [7, 11) is 0. The van der Waals surface area contributed by atoms with Crippen LogP contribution in [0, 0.1) is 17.8 Å². The summed E-state index contributed by atoms with van der Waals surface area (Å²) in [6, 6.07) is 32.9. The Balaban J connectivity index is 1.03. The second kappa shape index (κ2) is 20.0. The minimum absolute atomic E-state index is 0.0336. The Morgan fingerprint density at radius 3 is 1.38 bits per heavy atom. The molecule has 4 N–H and O–H groups in total. The highest BCUT2D eigenvalue weighted by Gasteiger charge is 2.41. The van der Waals surface area contributed by atoms with Gasteiger partial charge in [0.15, 0.2) is 0 Å². The van der Waals surface area contributed by atoms with Gasteiger partial charge in [-0.2, -0.15) is 0 Å². The molecule has 0 spiro atoms. The molecular formula is C49H66N2O2. The maximum absolute atomic E-state index is 6.18. The van der Waals surface area contributed by atoms with Crippen LogP contribution in [0.15, 0.2) is 97.1 Å². The van der Waals surface area contributed by atoms with Gasteiger partial charge in [0, 0.05) is 28.9 Å². The van der Waals surface area contributed by atoms with Gasteiger partial charge in [-0.1, -0.05) is 133 Å². The molecule has 53 heavy (non-hydrogen) atoms. The van der Waals surface area contributed by atoms with Crippen LogP contribution in [0.1, 0.15) is 146 Å². The van der Waals surface area contributed by atoms with E-state index in [0.717, 1.165) is 40.8 Å². The largest absolute Gasteiger partial charge is 0.457 e. The zero-order chi connectivity index (χ0) is 36.7. The Bertz CT molecular complexity index is 1540. The van der Waals surface area contributed by atoms with Gasteiger partial charge < -0.3 is 20.9 Å². The Morgan fingerprint density at radius 2 is 0.925 bits per heavy atom. The van der Waals surface area contributed by atoms with E-state index in [4.69, 9.17) is 20.9 Å². The maximum Gasteiger partial charge on any atom is 0.129 e. The molecule has 4 aromatic carbocycles. The van der Waals surface area contributed by atoms with Crippen molar-refractivity contribution in [3.8, 4) is 23.0 Å². The van der Waals surface area contributed by atoms with Gasteiger partial charge in [0.2, 0.25) is 0 Å². The second-order valence-corrected chi connectivity index (χ2v) is 16.4. The highest BCUT2D eigenvalue weighted by molar-refractivity contribution is 5.48. The van der Waals surface area contributed by atoms with Crippen molar-refractivity contribution in [2.75, 3.05) is 11.5 Å². The summed E-state index contributed by atoms with van der Waals surface area (Å²) in [5.74, 6) is 5.88. The lowest BCUT2D eigenvalue weighted by molar-refractivity contribution is 0.140. The number of ether oxygens (including phenoxy) is 2. The monoisotopic (exact) mass is 715 g/mol. The average Bonchev–Trinajstić information content (AvgIpc) is 3.18. The van der Waals surface area contributed by atoms with Gasteiger partial charge in [-0.25, -0.2) is 0 Å². The lowest BCUT2D eigenvalue weighted by Crippen LogP contribution is -2.35. The third kappa shape index (κ3) is 11.3. The van der Waals surface area contributed by atoms with E-state index in [1.54, 1.807) is 0 Å². The van der Waals surface area contributed by atoms with Crippen molar-refractivity contribution in [2.45, 2.75) is 141 Å². The third-order valence-corrected chi connectivity index (χ3v) is 12.7. The van der Waals surface area contributed by atoms with Gasteiger partial charge in [0.25, 0.3) is 0 Å². The predicted octanol–water partition coefficient (Wildman–Crippen LogP) is 14.4. The molecule has 4 aromatic rings. The molecule has 0 unspecified atom stereocenters. The van der Waals surface area contributed by atoms with Crippen molar-refractivity contribution in [1.29, 1.82) is 0 Å². The maximum atomic E-state index is 6.18. The molecule has 0 heterocycles. The molecule has 284 valence electrons. The lowest BCUT2D eigenvalue weighted by atomic mass is 9.60. The fourth-order valence-corrected chi connectivity index (χ4v) is 9.51. The number of nitrogen functional groups attached to an aromatic ring is 2. The molecule has 0 aromatic heterocycles. The first kappa shape index (κ1) is 38.8. The Morgan fingerprint density at radius 1 is 0.491 bits per heavy atom. The smallest absolute Gasteiger partial charge is 0.129 e. The molecule has 0 bridgehead atoms. The van der Waals surface area contributed by atoms with Crippen LogP contribution < -0.4 is 20.9 Å². The summed E-state index contributed by atoms with van der Waals surface area (Å²) in [5, 5.41) is 0. The van der Waals surface area contributed by atoms with Gasteiger partial charge in [0.05, 0.1) is 0 Å². The minimum atomic E-state index is -0.0336. The first-order valence-electron chi connectivity index (χ1n) is 21.3. The molecular weight excluding hydrogens is 649 g/mol. The van der Waals surface area contributed by atoms with Crippen LogP contribution in [0.25, 0.3) is 0 Å². The molecule has 4 heteroatoms. The van der Waals surface area contributed by atoms with Crippen molar-refractivity contribution in [3.05, 3.63) is 108 Å². The predicted molar refractivity (Wildman–Crippen MR) is 224 cm³/mol. The molecule has 0 aliphatic heterocycles. The lowest BCUT2D eigenvalue weighted by Gasteiger charge is -2.44. The van der Waals surface area contributed by atoms with E-state index in [9.17, 15) is 0 Å². The van der Waals surface area contributed by atoms with Crippen molar-refractivity contribution in [3.63, 3.8) is 0 Å². The summed E-state index contributed by atoms with van der Waals surface area (Å²) < 4.78 is 12.4. The molecule has 2 aliphatic carbocycles. The number of hydrogen-bond acceptors (Lipinski definition) is 4. The summed E-state index contributed by atoms with van der Waals surface area (Å²) in [6.45, 7) is 2.30. The molecule has 2 fully saturated rings. The van der Waals surface area contributed by atoms with Crippen LogP contribution >= 0.6 is 0 Å². The number of benzene rings is 4. The fraction of sp³-hybridized carbons (Fsp3) is 0.510. The highest BCUT2D eigenvalue weighted by Crippen LogP contribution is 2.51. The van der Waals surface area contributed by atoms with Crippen LogP contribution in [0.3, 0.4) is 0 Å². The van der Waals surface area contributed by atoms with Crippen molar-refractivity contribution in [2.24, 2.45) is 17.8 Å². The standard InChI is InChI=1S/C49H66N2O2/c1-2-3-4-5-6-7-8-9-10-11-12-15-38-20-22-39(23-21-38)40-32-34-49(35-33-40,41-24-28-45(29-25-41)52-47-18-13-16-43(50)36-47)42-26-30-46(31-27-42)53-48-19-14-17-44(51)37-48/h13-14,16-19,24-31,36-40H,2-12,15,20-23,32-35,50-51H2,1H3. The molecule has 0 atom stereocenters. The quantitative estimate of drug-likeness (QED) is 0.0749. The Labute approximate surface area is 321 Å². The Hall–Kier alpha value is -3.92. The zero-order valence-corrected chi connectivity index (χ0v) is 32.6. The SMILES string of the molecule is CCCCCCCCCCCCCC1CCC(C2CCC(c3ccc(Oc4cccc(N)c4)cc3)(c3ccc(Oc4cccc(N)c4)cc3)CC2)CC1. The second-order valence-electron chi connectivity index (χ2n) is 16.4. The molecule has 6 rings (SSSR count). The summed E-state index contributed by atoms with van der Waals surface area (Å²) in [6.07, 6.45) is 28.0. The van der Waals surface area contributed by atoms with E-state index < -0.39 is 0 Å². The topological polar surface area (TPSA) is 70.5 Å². The molecule has 4 nitrogen and oxygen atoms in total. The van der Waals surface area contributed by atoms with Crippen molar-refractivity contribution in [1.82, 2.24) is 0 Å². The van der Waals surface area contributed by atoms with Gasteiger partial charge in [-0.3, -0.25) is 0 Å². The summed E-state index contributed by atoms with van der Waals surface area (Å²) in [5.41, 5.74) is 16.1. The zero-order valence-electron chi connectivity index (χ0n) is 32.6. The van der Waals surface area contributed by atoms with E-state index >= 15 is 0 Å². The van der Waals surface area contributed by atoms with Crippen LogP contribution in [-0.4, -0.2) is 0 Å². The van der Waals surface area contributed by atoms with E-state index in [1.807, 2.05) is 48.5 Å². The van der Waals surface area contributed by atoms with Crippen molar-refractivity contribution < 1.29 is 9.47 Å². The van der Waals surface area contributed by atoms with Gasteiger partial charge in [-0.05, 0) is 116 Å². The molecule has 2 saturated carbocycles. The molecule has 2 aliphatic rings. The minimum Gasteiger partial charge on any atom is -0.457 e. The third-order valence-electron chi connectivity index (χ3n) is 12.7. The van der Waals surface area contributed by atoms with E-state index in [-0.39, 0.29) is 5.41 Å². The van der Waals surface area contributed by atoms with Crippen LogP contribution in [0.4, 0.5) is 11.4 Å². The normalized spacial score (nSPS) is 18.8. The van der Waals surface area contributed by atoms with Gasteiger partial charge in [-0.15, -0.1) is 0 Å². The van der Waals surface area contributed by atoms with E-state index in [1.165, 1.54) is 140 Å². The van der Waals surface area contributed by atoms with Crippen LogP contribution in [0.2, 0.25) is 0 Å². The van der Waals surface area contributed by atoms with Crippen LogP contribution in [0.5, 0.6) is 23.0 Å². The Kier molecular flexibility index (Phi) is 14.6. The fourth-order valence-electron chi connectivity index (χ4n) is 9.51. The number of rotatable bonds is 19. The summed E-state index contributed by atoms with van der Waals surface area (Å²) >= 11 is 0. The number of anilines is 2. The number of hydrogen-bond donors (Lipinski definition) is 2. The average molecular weight is 715 g/mol. The number of unbranched alkanes of at least 4 members (excludes halogenated alkanes) is 10. The van der Waals surface area contributed by atoms with E-state index in [0.29, 0.717) is 11.4 Å². The number of nitrogens with two attached hydrogens (primary N) is 2. The molecule has 0 radical (unpaired) electrons. The van der Waals surface area contributed by atoms with Crippen LogP contribution in [-0.2, 0) is 5.41 Å².